The smallest absolute Gasteiger partial charge is 0.353 e. The molecule has 6 atom stereocenters. The molecule has 10 heteroatoms. The minimum atomic E-state index is -1.07. The third kappa shape index (κ3) is 3.64. The predicted molar refractivity (Wildman–Crippen MR) is 109 cm³/mol. The number of aliphatic hydroxyl groups is 1. The summed E-state index contributed by atoms with van der Waals surface area (Å²) in [5.41, 5.74) is 0.109. The quantitative estimate of drug-likeness (QED) is 0.390. The van der Waals surface area contributed by atoms with Crippen molar-refractivity contribution in [2.75, 3.05) is 18.4 Å². The molecule has 0 spiro atoms. The normalized spacial score (nSPS) is 32.3. The van der Waals surface area contributed by atoms with E-state index in [4.69, 9.17) is 0 Å². The number of β-lactam (4-membered cyclic amide) rings is 1. The molecule has 1 amide bonds. The highest BCUT2D eigenvalue weighted by molar-refractivity contribution is 8.03. The van der Waals surface area contributed by atoms with E-state index in [9.17, 15) is 19.8 Å². The number of carboxylic acids is 1. The summed E-state index contributed by atoms with van der Waals surface area (Å²) in [6, 6.07) is 0.100. The Kier molecular flexibility index (Phi) is 5.58. The maximum atomic E-state index is 12.4. The molecule has 2 saturated heterocycles. The van der Waals surface area contributed by atoms with Crippen molar-refractivity contribution >= 4 is 29.6 Å². The number of aliphatic carboxylic acids is 1. The van der Waals surface area contributed by atoms with Crippen LogP contribution in [0.5, 0.6) is 0 Å². The number of nitrogens with one attached hydrogen (secondary N) is 3. The van der Waals surface area contributed by atoms with Crippen LogP contribution >= 0.6 is 11.8 Å². The van der Waals surface area contributed by atoms with Gasteiger partial charge in [0.05, 0.1) is 18.1 Å². The lowest BCUT2D eigenvalue weighted by Crippen LogP contribution is -2.63. The topological polar surface area (TPSA) is 131 Å². The molecule has 3 aliphatic heterocycles. The molecule has 0 unspecified atom stereocenters. The lowest BCUT2D eigenvalue weighted by molar-refractivity contribution is -0.163. The number of carbonyl (C=O) groups excluding carboxylic acids is 1. The van der Waals surface area contributed by atoms with Crippen LogP contribution in [-0.2, 0) is 9.59 Å². The van der Waals surface area contributed by atoms with Crippen LogP contribution < -0.4 is 10.6 Å². The largest absolute Gasteiger partial charge is 0.477 e. The number of aliphatic hydroxyl groups excluding tert-OH is 1. The minimum absolute atomic E-state index is 0.0805. The van der Waals surface area contributed by atoms with Gasteiger partial charge in [-0.1, -0.05) is 6.92 Å². The minimum Gasteiger partial charge on any atom is -0.477 e. The number of thioether (sulfide) groups is 1. The van der Waals surface area contributed by atoms with Crippen molar-refractivity contribution in [1.29, 1.82) is 0 Å². The zero-order valence-corrected chi connectivity index (χ0v) is 17.3. The van der Waals surface area contributed by atoms with Crippen LogP contribution in [0.2, 0.25) is 0 Å². The fourth-order valence-corrected chi connectivity index (χ4v) is 6.20. The maximum absolute atomic E-state index is 12.4. The van der Waals surface area contributed by atoms with Gasteiger partial charge in [-0.25, -0.2) is 9.78 Å². The molecule has 158 valence electrons. The molecule has 0 bridgehead atoms. The average molecular weight is 422 g/mol. The molecule has 5 N–H and O–H groups in total. The first-order chi connectivity index (χ1) is 13.9. The molecular formula is C19H27N5O4S. The van der Waals surface area contributed by atoms with Crippen molar-refractivity contribution in [1.82, 2.24) is 20.2 Å². The Morgan fingerprint density at radius 3 is 2.97 bits per heavy atom. The van der Waals surface area contributed by atoms with E-state index in [-0.39, 0.29) is 28.8 Å². The third-order valence-corrected chi connectivity index (χ3v) is 7.58. The first-order valence-electron chi connectivity index (χ1n) is 10.00. The summed E-state index contributed by atoms with van der Waals surface area (Å²) in [7, 11) is 0. The van der Waals surface area contributed by atoms with Gasteiger partial charge in [0, 0.05) is 47.6 Å². The lowest BCUT2D eigenvalue weighted by atomic mass is 9.79. The zero-order chi connectivity index (χ0) is 20.7. The molecule has 1 aromatic heterocycles. The summed E-state index contributed by atoms with van der Waals surface area (Å²) in [6.07, 6.45) is 4.58. The molecule has 0 radical (unpaired) electrons. The summed E-state index contributed by atoms with van der Waals surface area (Å²) in [5, 5.41) is 26.7. The fourth-order valence-electron chi connectivity index (χ4n) is 4.68. The van der Waals surface area contributed by atoms with Crippen molar-refractivity contribution in [2.45, 2.75) is 50.1 Å². The molecule has 1 aromatic rings. The second-order valence-corrected chi connectivity index (χ2v) is 9.35. The standard InChI is InChI=1S/C19H27N5O4S/c1-9-14-13(10(2)25)17(26)24(14)15(18(27)28)16(9)29-12-7-11(23-8-12)3-4-20-19-21-5-6-22-19/h5-6,9-14,23,25H,3-4,7-8H2,1-2H3,(H,27,28)(H2,20,21,22)/t9-,10-,11-,12+,13-,14-/m1/s1. The number of carbonyl (C=O) groups is 2. The number of rotatable bonds is 8. The number of carboxylic acid groups (broad SMARTS) is 1. The predicted octanol–water partition coefficient (Wildman–Crippen LogP) is 0.829. The van der Waals surface area contributed by atoms with Gasteiger partial charge in [0.1, 0.15) is 5.70 Å². The number of nitrogens with zero attached hydrogens (tertiary/aromatic N) is 2. The van der Waals surface area contributed by atoms with Crippen LogP contribution in [0.15, 0.2) is 23.0 Å². The highest BCUT2D eigenvalue weighted by Gasteiger charge is 2.60. The number of aromatic amines is 1. The van der Waals surface area contributed by atoms with Crippen LogP contribution in [0.4, 0.5) is 5.95 Å². The summed E-state index contributed by atoms with van der Waals surface area (Å²) >= 11 is 1.58. The second kappa shape index (κ2) is 8.00. The van der Waals surface area contributed by atoms with Crippen molar-refractivity contribution < 1.29 is 19.8 Å². The fraction of sp³-hybridized carbons (Fsp3) is 0.632. The molecule has 2 fully saturated rings. The monoisotopic (exact) mass is 421 g/mol. The summed E-state index contributed by atoms with van der Waals surface area (Å²) in [5.74, 6) is -1.19. The summed E-state index contributed by atoms with van der Waals surface area (Å²) in [6.45, 7) is 5.16. The number of fused-ring (bicyclic) bond motifs is 1. The first-order valence-corrected chi connectivity index (χ1v) is 10.9. The molecule has 4 heterocycles. The van der Waals surface area contributed by atoms with Crippen molar-refractivity contribution in [3.63, 3.8) is 0 Å². The molecule has 9 nitrogen and oxygen atoms in total. The second-order valence-electron chi connectivity index (χ2n) is 8.01. The van der Waals surface area contributed by atoms with E-state index < -0.39 is 18.0 Å². The van der Waals surface area contributed by atoms with E-state index >= 15 is 0 Å². The highest BCUT2D eigenvalue weighted by atomic mass is 32.2. The van der Waals surface area contributed by atoms with Gasteiger partial charge in [0.25, 0.3) is 0 Å². The lowest BCUT2D eigenvalue weighted by Gasteiger charge is -2.46. The van der Waals surface area contributed by atoms with Crippen LogP contribution in [0.1, 0.15) is 26.7 Å². The third-order valence-electron chi connectivity index (χ3n) is 6.07. The van der Waals surface area contributed by atoms with Crippen LogP contribution in [0.25, 0.3) is 0 Å². The highest BCUT2D eigenvalue weighted by Crippen LogP contribution is 2.51. The van der Waals surface area contributed by atoms with Gasteiger partial charge in [-0.05, 0) is 19.8 Å². The Morgan fingerprint density at radius 2 is 2.31 bits per heavy atom. The zero-order valence-electron chi connectivity index (χ0n) is 16.5. The van der Waals surface area contributed by atoms with E-state index in [0.717, 1.165) is 36.8 Å². The van der Waals surface area contributed by atoms with Gasteiger partial charge in [-0.3, -0.25) is 4.79 Å². The Balaban J connectivity index is 1.37. The number of anilines is 1. The van der Waals surface area contributed by atoms with Crippen molar-refractivity contribution in [2.24, 2.45) is 11.8 Å². The van der Waals surface area contributed by atoms with Gasteiger partial charge in [-0.15, -0.1) is 11.8 Å². The first kappa shape index (κ1) is 20.2. The molecule has 29 heavy (non-hydrogen) atoms. The van der Waals surface area contributed by atoms with Gasteiger partial charge >= 0.3 is 5.97 Å². The van der Waals surface area contributed by atoms with Crippen LogP contribution in [0, 0.1) is 11.8 Å². The molecule has 3 aliphatic rings. The van der Waals surface area contributed by atoms with E-state index in [2.05, 4.69) is 20.6 Å². The van der Waals surface area contributed by atoms with Crippen molar-refractivity contribution in [3.8, 4) is 0 Å². The van der Waals surface area contributed by atoms with E-state index in [1.54, 1.807) is 31.1 Å². The number of H-pyrrole nitrogens is 1. The van der Waals surface area contributed by atoms with E-state index in [0.29, 0.717) is 6.04 Å². The number of hydrogen-bond donors (Lipinski definition) is 5. The average Bonchev–Trinajstić information content (AvgIpc) is 3.37. The van der Waals surface area contributed by atoms with Gasteiger partial charge in [0.15, 0.2) is 5.95 Å². The summed E-state index contributed by atoms with van der Waals surface area (Å²) in [4.78, 5) is 33.6. The van der Waals surface area contributed by atoms with Gasteiger partial charge in [-0.2, -0.15) is 0 Å². The van der Waals surface area contributed by atoms with Crippen molar-refractivity contribution in [3.05, 3.63) is 23.0 Å². The molecule has 4 rings (SSSR count). The Labute approximate surface area is 173 Å². The number of imidazole rings is 1. The SMILES string of the molecule is C[C@@H](O)[C@H]1C(=O)N2C(C(=O)O)=C(S[C@@H]3CN[C@H](CCNc4ncc[nH]4)C3)[C@H](C)[C@H]12. The molecular weight excluding hydrogens is 394 g/mol. The Bertz CT molecular complexity index is 812. The summed E-state index contributed by atoms with van der Waals surface area (Å²) < 4.78 is 0. The molecule has 0 saturated carbocycles. The maximum Gasteiger partial charge on any atom is 0.353 e. The Morgan fingerprint density at radius 1 is 1.52 bits per heavy atom. The van der Waals surface area contributed by atoms with Crippen LogP contribution in [-0.4, -0.2) is 73.5 Å². The molecule has 0 aliphatic carbocycles. The number of hydrogen-bond acceptors (Lipinski definition) is 7. The van der Waals surface area contributed by atoms with E-state index in [1.165, 1.54) is 4.90 Å². The number of amides is 1. The van der Waals surface area contributed by atoms with Gasteiger partial charge in [0.2, 0.25) is 5.91 Å². The van der Waals surface area contributed by atoms with E-state index in [1.807, 2.05) is 6.92 Å². The molecule has 0 aromatic carbocycles. The number of aromatic nitrogens is 2. The van der Waals surface area contributed by atoms with Gasteiger partial charge < -0.3 is 30.7 Å². The van der Waals surface area contributed by atoms with Crippen LogP contribution in [0.3, 0.4) is 0 Å². The Hall–Kier alpha value is -2.04.